The standard InChI is InChI=1S/C26H27Cl2F2N3O3/c1-14(34)32-10-9-25(2,3)12-20-26(13-31,17-8-7-15(27)11-19(17)29)21(23(33-20)24(35)36)16-5-4-6-18(28)22(16)30/h4-8,11,20-21,23,33H,9-10,12H2,1-3H3,(H,32,34)(H,35,36)/t20?,21?,23-,26?/m0/s1. The maximum Gasteiger partial charge on any atom is 0.321 e. The Labute approximate surface area is 218 Å². The van der Waals surface area contributed by atoms with Crippen LogP contribution in [0, 0.1) is 28.4 Å². The molecule has 0 saturated carbocycles. The molecule has 0 radical (unpaired) electrons. The summed E-state index contributed by atoms with van der Waals surface area (Å²) in [5.41, 5.74) is -2.53. The fourth-order valence-electron chi connectivity index (χ4n) is 5.16. The second kappa shape index (κ2) is 10.7. The van der Waals surface area contributed by atoms with Gasteiger partial charge in [0, 0.05) is 36.0 Å². The lowest BCUT2D eigenvalue weighted by molar-refractivity contribution is -0.139. The van der Waals surface area contributed by atoms with E-state index in [4.69, 9.17) is 23.2 Å². The highest BCUT2D eigenvalue weighted by Crippen LogP contribution is 2.53. The van der Waals surface area contributed by atoms with Crippen molar-refractivity contribution in [1.82, 2.24) is 10.6 Å². The Kier molecular flexibility index (Phi) is 8.29. The normalized spacial score (nSPS) is 23.8. The number of aliphatic carboxylic acids is 1. The Hall–Kier alpha value is -2.73. The molecule has 1 amide bonds. The molecule has 4 atom stereocenters. The summed E-state index contributed by atoms with van der Waals surface area (Å²) >= 11 is 12.0. The first kappa shape index (κ1) is 27.9. The van der Waals surface area contributed by atoms with Gasteiger partial charge in [0.2, 0.25) is 5.91 Å². The third-order valence-corrected chi connectivity index (χ3v) is 7.36. The molecule has 0 aromatic heterocycles. The van der Waals surface area contributed by atoms with Gasteiger partial charge in [0.05, 0.1) is 11.1 Å². The zero-order chi connectivity index (χ0) is 26.8. The maximum atomic E-state index is 15.5. The van der Waals surface area contributed by atoms with Crippen LogP contribution in [0.4, 0.5) is 8.78 Å². The Morgan fingerprint density at radius 1 is 1.25 bits per heavy atom. The van der Waals surface area contributed by atoms with Crippen LogP contribution in [-0.4, -0.2) is 35.6 Å². The fourth-order valence-corrected chi connectivity index (χ4v) is 5.50. The van der Waals surface area contributed by atoms with E-state index in [9.17, 15) is 20.0 Å². The number of nitrogens with one attached hydrogen (secondary N) is 2. The van der Waals surface area contributed by atoms with Gasteiger partial charge in [-0.2, -0.15) is 5.26 Å². The first-order valence-electron chi connectivity index (χ1n) is 11.4. The summed E-state index contributed by atoms with van der Waals surface area (Å²) in [4.78, 5) is 23.7. The van der Waals surface area contributed by atoms with E-state index in [0.717, 1.165) is 6.07 Å². The molecule has 1 heterocycles. The van der Waals surface area contributed by atoms with Crippen LogP contribution in [0.2, 0.25) is 10.0 Å². The van der Waals surface area contributed by atoms with Crippen molar-refractivity contribution in [3.63, 3.8) is 0 Å². The van der Waals surface area contributed by atoms with Crippen molar-refractivity contribution in [3.8, 4) is 6.07 Å². The van der Waals surface area contributed by atoms with Gasteiger partial charge >= 0.3 is 5.97 Å². The molecular weight excluding hydrogens is 511 g/mol. The highest BCUT2D eigenvalue weighted by Gasteiger charge is 2.61. The molecule has 36 heavy (non-hydrogen) atoms. The average molecular weight is 538 g/mol. The van der Waals surface area contributed by atoms with Gasteiger partial charge in [-0.1, -0.05) is 55.2 Å². The number of carbonyl (C=O) groups is 2. The molecular formula is C26H27Cl2F2N3O3. The molecule has 1 fully saturated rings. The van der Waals surface area contributed by atoms with Crippen LogP contribution < -0.4 is 10.6 Å². The number of halogens is 4. The summed E-state index contributed by atoms with van der Waals surface area (Å²) in [5, 5.41) is 26.4. The van der Waals surface area contributed by atoms with Crippen LogP contribution in [0.3, 0.4) is 0 Å². The number of carboxylic acids is 1. The van der Waals surface area contributed by atoms with E-state index in [1.807, 2.05) is 13.8 Å². The average Bonchev–Trinajstić information content (AvgIpc) is 3.09. The molecule has 6 nitrogen and oxygen atoms in total. The van der Waals surface area contributed by atoms with E-state index >= 15 is 8.78 Å². The van der Waals surface area contributed by atoms with Gasteiger partial charge in [-0.05, 0) is 42.0 Å². The molecule has 10 heteroatoms. The zero-order valence-electron chi connectivity index (χ0n) is 20.0. The van der Waals surface area contributed by atoms with Crippen molar-refractivity contribution in [2.24, 2.45) is 5.41 Å². The van der Waals surface area contributed by atoms with Crippen LogP contribution in [0.1, 0.15) is 50.7 Å². The first-order valence-corrected chi connectivity index (χ1v) is 12.1. The van der Waals surface area contributed by atoms with E-state index in [2.05, 4.69) is 16.7 Å². The molecule has 3 rings (SSSR count). The fraction of sp³-hybridized carbons (Fsp3) is 0.423. The van der Waals surface area contributed by atoms with E-state index in [-0.39, 0.29) is 33.5 Å². The number of carboxylic acid groups (broad SMARTS) is 1. The largest absolute Gasteiger partial charge is 0.480 e. The molecule has 3 N–H and O–H groups in total. The molecule has 1 aliphatic rings. The number of hydrogen-bond acceptors (Lipinski definition) is 4. The third-order valence-electron chi connectivity index (χ3n) is 6.83. The molecule has 0 bridgehead atoms. The zero-order valence-corrected chi connectivity index (χ0v) is 21.6. The van der Waals surface area contributed by atoms with Gasteiger partial charge in [0.25, 0.3) is 0 Å². The molecule has 1 saturated heterocycles. The molecule has 1 aliphatic heterocycles. The van der Waals surface area contributed by atoms with E-state index in [1.54, 1.807) is 0 Å². The summed E-state index contributed by atoms with van der Waals surface area (Å²) in [5.74, 6) is -4.48. The number of nitriles is 1. The Morgan fingerprint density at radius 3 is 2.53 bits per heavy atom. The quantitative estimate of drug-likeness (QED) is 0.430. The van der Waals surface area contributed by atoms with Crippen molar-refractivity contribution in [3.05, 3.63) is 69.2 Å². The number of nitrogens with zero attached hydrogens (tertiary/aromatic N) is 1. The minimum atomic E-state index is -1.82. The topological polar surface area (TPSA) is 102 Å². The van der Waals surface area contributed by atoms with Crippen molar-refractivity contribution in [2.45, 2.75) is 57.0 Å². The van der Waals surface area contributed by atoms with E-state index in [0.29, 0.717) is 13.0 Å². The van der Waals surface area contributed by atoms with Gasteiger partial charge in [0.1, 0.15) is 23.1 Å². The van der Waals surface area contributed by atoms with Crippen molar-refractivity contribution in [1.29, 1.82) is 5.26 Å². The van der Waals surface area contributed by atoms with Gasteiger partial charge in [0.15, 0.2) is 0 Å². The Morgan fingerprint density at radius 2 is 1.94 bits per heavy atom. The van der Waals surface area contributed by atoms with Crippen LogP contribution in [0.15, 0.2) is 36.4 Å². The lowest BCUT2D eigenvalue weighted by Crippen LogP contribution is -2.45. The molecule has 0 aliphatic carbocycles. The number of carbonyl (C=O) groups excluding carboxylic acids is 1. The predicted molar refractivity (Wildman–Crippen MR) is 133 cm³/mol. The van der Waals surface area contributed by atoms with Crippen LogP contribution >= 0.6 is 23.2 Å². The van der Waals surface area contributed by atoms with Crippen molar-refractivity contribution in [2.75, 3.05) is 6.54 Å². The van der Waals surface area contributed by atoms with Gasteiger partial charge in [-0.15, -0.1) is 0 Å². The summed E-state index contributed by atoms with van der Waals surface area (Å²) in [7, 11) is 0. The van der Waals surface area contributed by atoms with Gasteiger partial charge < -0.3 is 10.4 Å². The second-order valence-corrected chi connectivity index (χ2v) is 10.7. The van der Waals surface area contributed by atoms with E-state index in [1.165, 1.54) is 37.3 Å². The molecule has 2 aromatic rings. The summed E-state index contributed by atoms with van der Waals surface area (Å²) in [6.45, 7) is 5.57. The van der Waals surface area contributed by atoms with Crippen LogP contribution in [0.5, 0.6) is 0 Å². The van der Waals surface area contributed by atoms with Crippen molar-refractivity contribution >= 4 is 35.1 Å². The molecule has 2 aromatic carbocycles. The number of amides is 1. The molecule has 0 spiro atoms. The first-order chi connectivity index (χ1) is 16.8. The smallest absolute Gasteiger partial charge is 0.321 e. The lowest BCUT2D eigenvalue weighted by atomic mass is 9.62. The Bertz CT molecular complexity index is 1220. The van der Waals surface area contributed by atoms with Crippen LogP contribution in [0.25, 0.3) is 0 Å². The minimum absolute atomic E-state index is 0.0855. The summed E-state index contributed by atoms with van der Waals surface area (Å²) in [6, 6.07) is 7.85. The summed E-state index contributed by atoms with van der Waals surface area (Å²) in [6.07, 6.45) is 0.730. The van der Waals surface area contributed by atoms with Gasteiger partial charge in [-0.25, -0.2) is 8.78 Å². The second-order valence-electron chi connectivity index (χ2n) is 9.86. The summed E-state index contributed by atoms with van der Waals surface area (Å²) < 4.78 is 30.8. The maximum absolute atomic E-state index is 15.5. The van der Waals surface area contributed by atoms with E-state index < -0.39 is 46.4 Å². The lowest BCUT2D eigenvalue weighted by Gasteiger charge is -2.38. The minimum Gasteiger partial charge on any atom is -0.480 e. The van der Waals surface area contributed by atoms with Crippen molar-refractivity contribution < 1.29 is 23.5 Å². The SMILES string of the molecule is CC(=O)NCCC(C)(C)CC1N[C@H](C(=O)O)C(c2cccc(Cl)c2F)C1(C#N)c1ccc(Cl)cc1F. The number of rotatable bonds is 8. The predicted octanol–water partition coefficient (Wildman–Crippen LogP) is 5.18. The number of benzene rings is 2. The monoisotopic (exact) mass is 537 g/mol. The Balaban J connectivity index is 2.23. The van der Waals surface area contributed by atoms with Crippen LogP contribution in [-0.2, 0) is 15.0 Å². The third kappa shape index (κ3) is 5.34. The number of hydrogen-bond donors (Lipinski definition) is 3. The highest BCUT2D eigenvalue weighted by molar-refractivity contribution is 6.31. The molecule has 3 unspecified atom stereocenters. The molecule has 192 valence electrons. The highest BCUT2D eigenvalue weighted by atomic mass is 35.5. The van der Waals surface area contributed by atoms with Gasteiger partial charge in [-0.3, -0.25) is 14.9 Å².